The van der Waals surface area contributed by atoms with Crippen LogP contribution in [0.3, 0.4) is 0 Å². The Labute approximate surface area is 136 Å². The van der Waals surface area contributed by atoms with Gasteiger partial charge in [0.25, 0.3) is 0 Å². The van der Waals surface area contributed by atoms with Gasteiger partial charge in [0.15, 0.2) is 0 Å². The summed E-state index contributed by atoms with van der Waals surface area (Å²) >= 11 is 0. The molecule has 1 aromatic carbocycles. The molecule has 1 saturated heterocycles. The molecule has 1 nitrogen and oxygen atoms in total. The van der Waals surface area contributed by atoms with E-state index in [1.54, 1.807) is 5.19 Å². The Balaban J connectivity index is 1.80. The molecule has 1 saturated carbocycles. The molecule has 3 rings (SSSR count). The van der Waals surface area contributed by atoms with Crippen LogP contribution in [0.4, 0.5) is 0 Å². The molecule has 0 radical (unpaired) electrons. The van der Waals surface area contributed by atoms with E-state index in [-0.39, 0.29) is 0 Å². The second-order valence-corrected chi connectivity index (χ2v) is 12.3. The van der Waals surface area contributed by atoms with Crippen molar-refractivity contribution < 1.29 is 4.79 Å². The lowest BCUT2D eigenvalue weighted by Gasteiger charge is -2.45. The van der Waals surface area contributed by atoms with Gasteiger partial charge in [0, 0.05) is 12.8 Å². The molecule has 1 aromatic rings. The SMILES string of the molecule is CCCC1CCC([Si]2(c3ccccc3)CCC(=O)CC2)CC1. The van der Waals surface area contributed by atoms with Crippen LogP contribution < -0.4 is 5.19 Å². The summed E-state index contributed by atoms with van der Waals surface area (Å²) in [5.74, 6) is 1.49. The zero-order valence-electron chi connectivity index (χ0n) is 14.0. The highest BCUT2D eigenvalue weighted by Crippen LogP contribution is 2.46. The highest BCUT2D eigenvalue weighted by molar-refractivity contribution is 6.93. The van der Waals surface area contributed by atoms with Crippen molar-refractivity contribution in [2.45, 2.75) is 75.9 Å². The number of hydrogen-bond donors (Lipinski definition) is 0. The maximum absolute atomic E-state index is 11.8. The molecule has 0 aromatic heterocycles. The van der Waals surface area contributed by atoms with E-state index in [1.165, 1.54) is 50.6 Å². The third kappa shape index (κ3) is 3.22. The van der Waals surface area contributed by atoms with Crippen LogP contribution in [-0.2, 0) is 4.79 Å². The van der Waals surface area contributed by atoms with E-state index in [1.807, 2.05) is 0 Å². The fourth-order valence-electron chi connectivity index (χ4n) is 5.09. The molecule has 0 unspecified atom stereocenters. The van der Waals surface area contributed by atoms with Crippen LogP contribution in [0.25, 0.3) is 0 Å². The molecule has 22 heavy (non-hydrogen) atoms. The topological polar surface area (TPSA) is 17.1 Å². The second kappa shape index (κ2) is 7.12. The summed E-state index contributed by atoms with van der Waals surface area (Å²) in [7, 11) is -1.47. The molecule has 1 aliphatic carbocycles. The average Bonchev–Trinajstić information content (AvgIpc) is 2.58. The first kappa shape index (κ1) is 16.0. The summed E-state index contributed by atoms with van der Waals surface area (Å²) in [6, 6.07) is 13.8. The van der Waals surface area contributed by atoms with Crippen LogP contribution in [0.2, 0.25) is 17.6 Å². The first-order valence-corrected chi connectivity index (χ1v) is 11.8. The number of ketones is 1. The molecule has 0 bridgehead atoms. The van der Waals surface area contributed by atoms with Crippen LogP contribution in [0.5, 0.6) is 0 Å². The van der Waals surface area contributed by atoms with E-state index in [4.69, 9.17) is 0 Å². The van der Waals surface area contributed by atoms with E-state index in [0.717, 1.165) is 24.3 Å². The van der Waals surface area contributed by atoms with E-state index >= 15 is 0 Å². The molecule has 2 fully saturated rings. The van der Waals surface area contributed by atoms with Gasteiger partial charge in [0.05, 0.1) is 8.07 Å². The minimum absolute atomic E-state index is 0.513. The van der Waals surface area contributed by atoms with Crippen molar-refractivity contribution in [2.24, 2.45) is 5.92 Å². The van der Waals surface area contributed by atoms with Crippen LogP contribution in [0.1, 0.15) is 58.3 Å². The molecule has 120 valence electrons. The van der Waals surface area contributed by atoms with Gasteiger partial charge in [0.2, 0.25) is 0 Å². The van der Waals surface area contributed by atoms with Crippen LogP contribution in [-0.4, -0.2) is 13.9 Å². The lowest BCUT2D eigenvalue weighted by Crippen LogP contribution is -2.54. The summed E-state index contributed by atoms with van der Waals surface area (Å²) in [5.41, 5.74) is 0.927. The smallest absolute Gasteiger partial charge is 0.132 e. The predicted molar refractivity (Wildman–Crippen MR) is 96.3 cm³/mol. The predicted octanol–water partition coefficient (Wildman–Crippen LogP) is 5.07. The number of Topliss-reactive ketones (excluding diaryl/α,β-unsaturated/α-hetero) is 1. The van der Waals surface area contributed by atoms with Gasteiger partial charge in [-0.05, 0) is 23.5 Å². The second-order valence-electron chi connectivity index (χ2n) is 7.57. The van der Waals surface area contributed by atoms with Gasteiger partial charge < -0.3 is 0 Å². The van der Waals surface area contributed by atoms with Crippen molar-refractivity contribution in [1.82, 2.24) is 0 Å². The van der Waals surface area contributed by atoms with Gasteiger partial charge in [-0.25, -0.2) is 0 Å². The third-order valence-electron chi connectivity index (χ3n) is 6.37. The molecular weight excluding hydrogens is 284 g/mol. The average molecular weight is 315 g/mol. The summed E-state index contributed by atoms with van der Waals surface area (Å²) in [6.45, 7) is 2.32. The number of hydrogen-bond acceptors (Lipinski definition) is 1. The van der Waals surface area contributed by atoms with Crippen molar-refractivity contribution in [3.8, 4) is 0 Å². The Bertz CT molecular complexity index is 478. The molecule has 0 N–H and O–H groups in total. The van der Waals surface area contributed by atoms with Gasteiger partial charge in [0.1, 0.15) is 5.78 Å². The van der Waals surface area contributed by atoms with Crippen molar-refractivity contribution in [2.75, 3.05) is 0 Å². The quantitative estimate of drug-likeness (QED) is 0.709. The molecule has 0 amide bonds. The standard InChI is InChI=1S/C20H30OSi/c1-2-6-17-9-11-20(12-10-17)22(15-13-18(21)14-16-22)19-7-4-3-5-8-19/h3-5,7-8,17,20H,2,6,9-16H2,1H3. The first-order chi connectivity index (χ1) is 10.7. The van der Waals surface area contributed by atoms with E-state index < -0.39 is 8.07 Å². The Hall–Kier alpha value is -0.893. The zero-order chi connectivity index (χ0) is 15.4. The molecule has 0 spiro atoms. The highest BCUT2D eigenvalue weighted by Gasteiger charge is 2.45. The lowest BCUT2D eigenvalue weighted by molar-refractivity contribution is -0.118. The fourth-order valence-corrected chi connectivity index (χ4v) is 10.9. The number of carbonyl (C=O) groups is 1. The van der Waals surface area contributed by atoms with Gasteiger partial charge in [-0.2, -0.15) is 0 Å². The molecule has 1 aliphatic heterocycles. The lowest BCUT2D eigenvalue weighted by atomic mass is 9.86. The Morgan fingerprint density at radius 3 is 2.23 bits per heavy atom. The van der Waals surface area contributed by atoms with Crippen LogP contribution in [0, 0.1) is 5.92 Å². The molecule has 0 atom stereocenters. The summed E-state index contributed by atoms with van der Waals surface area (Å²) < 4.78 is 0. The summed E-state index contributed by atoms with van der Waals surface area (Å²) in [6.07, 6.45) is 10.2. The van der Waals surface area contributed by atoms with Gasteiger partial charge in [-0.1, -0.05) is 81.0 Å². The van der Waals surface area contributed by atoms with Crippen molar-refractivity contribution in [1.29, 1.82) is 0 Å². The van der Waals surface area contributed by atoms with E-state index in [2.05, 4.69) is 37.3 Å². The molecule has 2 aliphatic rings. The van der Waals surface area contributed by atoms with E-state index in [9.17, 15) is 4.79 Å². The van der Waals surface area contributed by atoms with Crippen molar-refractivity contribution in [3.05, 3.63) is 30.3 Å². The number of rotatable bonds is 4. The van der Waals surface area contributed by atoms with Crippen LogP contribution >= 0.6 is 0 Å². The number of benzene rings is 1. The maximum Gasteiger partial charge on any atom is 0.132 e. The minimum atomic E-state index is -1.47. The fraction of sp³-hybridized carbons (Fsp3) is 0.650. The van der Waals surface area contributed by atoms with E-state index in [0.29, 0.717) is 5.78 Å². The normalized spacial score (nSPS) is 28.5. The van der Waals surface area contributed by atoms with Gasteiger partial charge in [-0.15, -0.1) is 0 Å². The van der Waals surface area contributed by atoms with Crippen LogP contribution in [0.15, 0.2) is 30.3 Å². The molecule has 1 heterocycles. The minimum Gasteiger partial charge on any atom is -0.300 e. The third-order valence-corrected chi connectivity index (χ3v) is 12.3. The van der Waals surface area contributed by atoms with Gasteiger partial charge in [-0.3, -0.25) is 4.79 Å². The summed E-state index contributed by atoms with van der Waals surface area (Å²) in [5, 5.41) is 1.64. The Morgan fingerprint density at radius 1 is 1.00 bits per heavy atom. The largest absolute Gasteiger partial charge is 0.300 e. The van der Waals surface area contributed by atoms with Crippen molar-refractivity contribution in [3.63, 3.8) is 0 Å². The Kier molecular flexibility index (Phi) is 5.17. The Morgan fingerprint density at radius 2 is 1.64 bits per heavy atom. The summed E-state index contributed by atoms with van der Waals surface area (Å²) in [4.78, 5) is 11.8. The van der Waals surface area contributed by atoms with Gasteiger partial charge >= 0.3 is 0 Å². The maximum atomic E-state index is 11.8. The zero-order valence-corrected chi connectivity index (χ0v) is 15.0. The van der Waals surface area contributed by atoms with Crippen molar-refractivity contribution >= 4 is 19.0 Å². The highest BCUT2D eigenvalue weighted by atomic mass is 28.3. The molecule has 2 heteroatoms. The first-order valence-electron chi connectivity index (χ1n) is 9.32. The monoisotopic (exact) mass is 314 g/mol. The number of carbonyl (C=O) groups excluding carboxylic acids is 1. The molecular formula is C20H30OSi.